The van der Waals surface area contributed by atoms with Gasteiger partial charge in [-0.25, -0.2) is 4.79 Å². The highest BCUT2D eigenvalue weighted by Crippen LogP contribution is 2.30. The number of halogens is 2. The van der Waals surface area contributed by atoms with Crippen molar-refractivity contribution in [3.05, 3.63) is 71.3 Å². The molecule has 2 aromatic rings. The van der Waals surface area contributed by atoms with E-state index in [4.69, 9.17) is 32.7 Å². The summed E-state index contributed by atoms with van der Waals surface area (Å²) in [6, 6.07) is 15.8. The van der Waals surface area contributed by atoms with E-state index < -0.39 is 0 Å². The molecule has 1 unspecified atom stereocenters. The molecule has 0 bridgehead atoms. The Bertz CT molecular complexity index is 828. The Hall–Kier alpha value is -2.17. The van der Waals surface area contributed by atoms with Gasteiger partial charge in [0.25, 0.3) is 0 Å². The van der Waals surface area contributed by atoms with Gasteiger partial charge in [-0.2, -0.15) is 0 Å². The van der Waals surface area contributed by atoms with Crippen LogP contribution in [0.4, 0.5) is 5.69 Å². The zero-order chi connectivity index (χ0) is 20.6. The second-order valence-electron chi connectivity index (χ2n) is 6.73. The number of rotatable bonds is 10. The van der Waals surface area contributed by atoms with Crippen LogP contribution < -0.4 is 9.64 Å². The summed E-state index contributed by atoms with van der Waals surface area (Å²) in [5, 5.41) is 0. The van der Waals surface area contributed by atoms with Crippen molar-refractivity contribution in [2.24, 2.45) is 0 Å². The molecule has 0 N–H and O–H groups in total. The minimum absolute atomic E-state index is 0.265. The van der Waals surface area contributed by atoms with Gasteiger partial charge in [-0.05, 0) is 48.4 Å². The molecule has 0 aromatic heterocycles. The van der Waals surface area contributed by atoms with Crippen LogP contribution >= 0.6 is 23.2 Å². The summed E-state index contributed by atoms with van der Waals surface area (Å²) in [4.78, 5) is 14.5. The molecule has 1 atom stereocenters. The molecule has 0 saturated heterocycles. The molecule has 0 fully saturated rings. The third-order valence-electron chi connectivity index (χ3n) is 4.77. The molecule has 1 heterocycles. The quantitative estimate of drug-likeness (QED) is 0.384. The van der Waals surface area contributed by atoms with E-state index in [2.05, 4.69) is 4.90 Å². The monoisotopic (exact) mass is 433 g/mol. The highest BCUT2D eigenvalue weighted by molar-refractivity contribution is 6.18. The van der Waals surface area contributed by atoms with E-state index >= 15 is 0 Å². The van der Waals surface area contributed by atoms with Gasteiger partial charge in [-0.15, -0.1) is 23.2 Å². The fraction of sp³-hybridized carbons (Fsp3) is 0.348. The average molecular weight is 434 g/mol. The van der Waals surface area contributed by atoms with Crippen molar-refractivity contribution in [3.63, 3.8) is 0 Å². The van der Waals surface area contributed by atoms with Crippen LogP contribution in [0.1, 0.15) is 24.2 Å². The van der Waals surface area contributed by atoms with Crippen molar-refractivity contribution in [2.75, 3.05) is 36.4 Å². The minimum Gasteiger partial charge on any atom is -0.494 e. The van der Waals surface area contributed by atoms with Crippen LogP contribution in [0.5, 0.6) is 5.75 Å². The van der Waals surface area contributed by atoms with Crippen LogP contribution in [-0.4, -0.2) is 37.4 Å². The van der Waals surface area contributed by atoms with E-state index in [1.54, 1.807) is 0 Å². The first-order chi connectivity index (χ1) is 14.1. The normalized spacial score (nSPS) is 15.8. The maximum absolute atomic E-state index is 12.3. The molecule has 6 heteroatoms. The topological polar surface area (TPSA) is 38.8 Å². The van der Waals surface area contributed by atoms with E-state index in [1.165, 1.54) is 0 Å². The number of esters is 1. The van der Waals surface area contributed by atoms with Crippen LogP contribution in [0.25, 0.3) is 0 Å². The number of nitrogens with zero attached hydrogens (tertiary/aromatic N) is 1. The van der Waals surface area contributed by atoms with Crippen molar-refractivity contribution in [1.82, 2.24) is 0 Å². The molecule has 4 nitrogen and oxygen atoms in total. The first-order valence-corrected chi connectivity index (χ1v) is 10.8. The van der Waals surface area contributed by atoms with Gasteiger partial charge >= 0.3 is 5.97 Å². The Kier molecular flexibility index (Phi) is 7.84. The summed E-state index contributed by atoms with van der Waals surface area (Å²) in [6.45, 7) is 4.06. The van der Waals surface area contributed by atoms with Crippen molar-refractivity contribution in [2.45, 2.75) is 19.4 Å². The second kappa shape index (κ2) is 10.6. The van der Waals surface area contributed by atoms with Crippen LogP contribution in [0.2, 0.25) is 0 Å². The molecule has 2 aromatic carbocycles. The molecule has 1 aliphatic rings. The smallest absolute Gasteiger partial charge is 0.335 e. The maximum Gasteiger partial charge on any atom is 0.335 e. The number of alkyl halides is 2. The van der Waals surface area contributed by atoms with Crippen molar-refractivity contribution >= 4 is 34.9 Å². The van der Waals surface area contributed by atoms with Crippen LogP contribution in [0.15, 0.2) is 60.2 Å². The van der Waals surface area contributed by atoms with Gasteiger partial charge in [-0.3, -0.25) is 0 Å². The summed E-state index contributed by atoms with van der Waals surface area (Å²) in [6.07, 6.45) is 2.09. The Morgan fingerprint density at radius 1 is 1.00 bits per heavy atom. The molecule has 1 aliphatic heterocycles. The van der Waals surface area contributed by atoms with E-state index in [9.17, 15) is 4.79 Å². The van der Waals surface area contributed by atoms with Gasteiger partial charge in [-0.1, -0.05) is 24.3 Å². The lowest BCUT2D eigenvalue weighted by Crippen LogP contribution is -2.27. The fourth-order valence-electron chi connectivity index (χ4n) is 3.31. The van der Waals surface area contributed by atoms with E-state index in [0.717, 1.165) is 35.7 Å². The second-order valence-corrected chi connectivity index (χ2v) is 7.48. The molecule has 0 spiro atoms. The Morgan fingerprint density at radius 2 is 1.66 bits per heavy atom. The lowest BCUT2D eigenvalue weighted by molar-refractivity contribution is -0.139. The van der Waals surface area contributed by atoms with E-state index in [1.807, 2.05) is 61.5 Å². The Labute approximate surface area is 182 Å². The SMILES string of the molecule is CCOc1ccc(C2C=C(Cc3ccc(N(CCCl)CCCl)cc3)C(=O)O2)cc1. The maximum atomic E-state index is 12.3. The van der Waals surface area contributed by atoms with Gasteiger partial charge in [0.05, 0.1) is 6.61 Å². The molecule has 3 rings (SSSR count). The zero-order valence-corrected chi connectivity index (χ0v) is 18.0. The Morgan fingerprint density at radius 3 is 2.24 bits per heavy atom. The molecular formula is C23H25Cl2NO3. The van der Waals surface area contributed by atoms with Gasteiger partial charge in [0.1, 0.15) is 11.9 Å². The van der Waals surface area contributed by atoms with Gasteiger partial charge in [0.2, 0.25) is 0 Å². The van der Waals surface area contributed by atoms with E-state index in [0.29, 0.717) is 30.4 Å². The number of anilines is 1. The predicted octanol–water partition coefficient (Wildman–Crippen LogP) is 5.14. The third-order valence-corrected chi connectivity index (χ3v) is 5.11. The number of carbonyl (C=O) groups excluding carboxylic acids is 1. The number of cyclic esters (lactones) is 1. The fourth-order valence-corrected chi connectivity index (χ4v) is 3.72. The van der Waals surface area contributed by atoms with Gasteiger partial charge in [0.15, 0.2) is 0 Å². The van der Waals surface area contributed by atoms with Crippen LogP contribution in [0, 0.1) is 0 Å². The summed E-state index contributed by atoms with van der Waals surface area (Å²) >= 11 is 11.8. The number of hydrogen-bond donors (Lipinski definition) is 0. The van der Waals surface area contributed by atoms with Crippen LogP contribution in [0.3, 0.4) is 0 Å². The highest BCUT2D eigenvalue weighted by Gasteiger charge is 2.26. The molecule has 154 valence electrons. The number of benzene rings is 2. The largest absolute Gasteiger partial charge is 0.494 e. The first-order valence-electron chi connectivity index (χ1n) is 9.74. The average Bonchev–Trinajstić information content (AvgIpc) is 3.09. The highest BCUT2D eigenvalue weighted by atomic mass is 35.5. The first kappa shape index (κ1) is 21.5. The molecule has 0 saturated carbocycles. The molecule has 29 heavy (non-hydrogen) atoms. The number of hydrogen-bond acceptors (Lipinski definition) is 4. The molecule has 0 aliphatic carbocycles. The molecule has 0 radical (unpaired) electrons. The lowest BCUT2D eigenvalue weighted by atomic mass is 10.0. The summed E-state index contributed by atoms with van der Waals surface area (Å²) in [7, 11) is 0. The van der Waals surface area contributed by atoms with Crippen molar-refractivity contribution in [3.8, 4) is 5.75 Å². The third kappa shape index (κ3) is 5.68. The summed E-state index contributed by atoms with van der Waals surface area (Å²) in [5.74, 6) is 1.63. The molecule has 0 amide bonds. The zero-order valence-electron chi connectivity index (χ0n) is 16.4. The van der Waals surface area contributed by atoms with Gasteiger partial charge in [0, 0.05) is 42.5 Å². The Balaban J connectivity index is 1.67. The number of ether oxygens (including phenoxy) is 2. The van der Waals surface area contributed by atoms with Crippen molar-refractivity contribution in [1.29, 1.82) is 0 Å². The van der Waals surface area contributed by atoms with E-state index in [-0.39, 0.29) is 12.1 Å². The lowest BCUT2D eigenvalue weighted by Gasteiger charge is -2.23. The summed E-state index contributed by atoms with van der Waals surface area (Å²) < 4.78 is 11.0. The molecular weight excluding hydrogens is 409 g/mol. The standard InChI is InChI=1S/C23H25Cl2NO3/c1-2-28-21-9-5-18(6-10-21)22-16-19(23(27)29-22)15-17-3-7-20(8-4-17)26(13-11-24)14-12-25/h3-10,16,22H,2,11-15H2,1H3. The van der Waals surface area contributed by atoms with Crippen LogP contribution in [-0.2, 0) is 16.0 Å². The predicted molar refractivity (Wildman–Crippen MR) is 118 cm³/mol. The summed E-state index contributed by atoms with van der Waals surface area (Å²) in [5.41, 5.74) is 3.74. The minimum atomic E-state index is -0.351. The number of carbonyl (C=O) groups is 1. The van der Waals surface area contributed by atoms with Crippen molar-refractivity contribution < 1.29 is 14.3 Å². The van der Waals surface area contributed by atoms with Gasteiger partial charge < -0.3 is 14.4 Å².